The van der Waals surface area contributed by atoms with E-state index in [2.05, 4.69) is 0 Å². The average Bonchev–Trinajstić information content (AvgIpc) is 3.26. The van der Waals surface area contributed by atoms with Crippen LogP contribution >= 0.6 is 0 Å². The van der Waals surface area contributed by atoms with Gasteiger partial charge < -0.3 is 29.9 Å². The Morgan fingerprint density at radius 1 is 0.970 bits per heavy atom. The van der Waals surface area contributed by atoms with Crippen molar-refractivity contribution in [2.45, 2.75) is 62.4 Å². The summed E-state index contributed by atoms with van der Waals surface area (Å²) in [5, 5.41) is 40.3. The lowest BCUT2D eigenvalue weighted by Crippen LogP contribution is -2.55. The molecule has 6 nitrogen and oxygen atoms in total. The number of fused-ring (bicyclic) bond motifs is 1. The molecular formula is C24H27F3O6. The highest BCUT2D eigenvalue weighted by Crippen LogP contribution is 2.37. The van der Waals surface area contributed by atoms with Crippen molar-refractivity contribution in [1.29, 1.82) is 0 Å². The van der Waals surface area contributed by atoms with Crippen LogP contribution in [-0.4, -0.2) is 64.2 Å². The van der Waals surface area contributed by atoms with Crippen LogP contribution in [0.3, 0.4) is 0 Å². The SMILES string of the molecule is OC[C@H]1O[C@@H](c2cc3c(c(Cc4ccc(OCC(F)(F)F)cc4)c2)CCC3)[C@H](O)[C@@H](O)[C@@H]1O. The molecule has 33 heavy (non-hydrogen) atoms. The van der Waals surface area contributed by atoms with Crippen LogP contribution in [0.15, 0.2) is 36.4 Å². The zero-order valence-corrected chi connectivity index (χ0v) is 17.8. The van der Waals surface area contributed by atoms with Gasteiger partial charge in [-0.25, -0.2) is 0 Å². The Labute approximate surface area is 189 Å². The Balaban J connectivity index is 1.57. The van der Waals surface area contributed by atoms with E-state index in [1.807, 2.05) is 12.1 Å². The summed E-state index contributed by atoms with van der Waals surface area (Å²) in [6, 6.07) is 10.3. The van der Waals surface area contributed by atoms with Gasteiger partial charge in [0, 0.05) is 0 Å². The fourth-order valence-electron chi connectivity index (χ4n) is 4.61. The van der Waals surface area contributed by atoms with Crippen molar-refractivity contribution in [3.63, 3.8) is 0 Å². The summed E-state index contributed by atoms with van der Waals surface area (Å²) in [5.41, 5.74) is 4.84. The molecule has 4 rings (SSSR count). The minimum absolute atomic E-state index is 0.136. The third kappa shape index (κ3) is 5.33. The first-order valence-electron chi connectivity index (χ1n) is 10.9. The first-order chi connectivity index (χ1) is 15.7. The topological polar surface area (TPSA) is 99.4 Å². The molecule has 0 radical (unpaired) electrons. The monoisotopic (exact) mass is 468 g/mol. The van der Waals surface area contributed by atoms with Gasteiger partial charge in [-0.15, -0.1) is 0 Å². The Kier molecular flexibility index (Phi) is 6.97. The van der Waals surface area contributed by atoms with E-state index < -0.39 is 49.9 Å². The van der Waals surface area contributed by atoms with Crippen molar-refractivity contribution in [3.05, 3.63) is 64.2 Å². The normalized spacial score (nSPS) is 27.4. The van der Waals surface area contributed by atoms with E-state index >= 15 is 0 Å². The number of aryl methyl sites for hydroxylation is 1. The molecular weight excluding hydrogens is 441 g/mol. The van der Waals surface area contributed by atoms with Crippen molar-refractivity contribution in [1.82, 2.24) is 0 Å². The van der Waals surface area contributed by atoms with Crippen molar-refractivity contribution in [2.24, 2.45) is 0 Å². The van der Waals surface area contributed by atoms with Crippen LogP contribution in [0.1, 0.15) is 40.3 Å². The van der Waals surface area contributed by atoms with Crippen LogP contribution < -0.4 is 4.74 Å². The van der Waals surface area contributed by atoms with Crippen LogP contribution in [0.5, 0.6) is 5.75 Å². The third-order valence-corrected chi connectivity index (χ3v) is 6.27. The summed E-state index contributed by atoms with van der Waals surface area (Å²) >= 11 is 0. The zero-order valence-electron chi connectivity index (χ0n) is 17.8. The Hall–Kier alpha value is -2.17. The predicted octanol–water partition coefficient (Wildman–Crippen LogP) is 2.22. The van der Waals surface area contributed by atoms with Gasteiger partial charge in [0.15, 0.2) is 6.61 Å². The molecule has 2 aromatic rings. The molecule has 1 heterocycles. The number of alkyl halides is 3. The van der Waals surface area contributed by atoms with Crippen molar-refractivity contribution >= 4 is 0 Å². The highest BCUT2D eigenvalue weighted by atomic mass is 19.4. The fraction of sp³-hybridized carbons (Fsp3) is 0.500. The van der Waals surface area contributed by atoms with E-state index in [-0.39, 0.29) is 5.75 Å². The second-order valence-corrected chi connectivity index (χ2v) is 8.65. The van der Waals surface area contributed by atoms with Gasteiger partial charge in [0.25, 0.3) is 0 Å². The van der Waals surface area contributed by atoms with E-state index in [1.165, 1.54) is 17.7 Å². The molecule has 0 bridgehead atoms. The maximum atomic E-state index is 12.4. The van der Waals surface area contributed by atoms with Crippen molar-refractivity contribution in [3.8, 4) is 5.75 Å². The number of ether oxygens (including phenoxy) is 2. The molecule has 4 N–H and O–H groups in total. The van der Waals surface area contributed by atoms with Gasteiger partial charge >= 0.3 is 6.18 Å². The summed E-state index contributed by atoms with van der Waals surface area (Å²) in [5.74, 6) is 0.136. The number of aliphatic hydroxyl groups is 4. The first-order valence-corrected chi connectivity index (χ1v) is 10.9. The van der Waals surface area contributed by atoms with Gasteiger partial charge in [-0.05, 0) is 65.6 Å². The lowest BCUT2D eigenvalue weighted by atomic mass is 9.87. The number of halogens is 3. The highest BCUT2D eigenvalue weighted by Gasteiger charge is 2.44. The Morgan fingerprint density at radius 3 is 2.36 bits per heavy atom. The van der Waals surface area contributed by atoms with Gasteiger partial charge in [-0.1, -0.05) is 24.3 Å². The minimum atomic E-state index is -4.40. The number of hydrogen-bond acceptors (Lipinski definition) is 6. The van der Waals surface area contributed by atoms with E-state index in [0.717, 1.165) is 36.0 Å². The summed E-state index contributed by atoms with van der Waals surface area (Å²) in [6.45, 7) is -1.84. The van der Waals surface area contributed by atoms with Crippen LogP contribution in [0, 0.1) is 0 Å². The van der Waals surface area contributed by atoms with Crippen LogP contribution in [0.25, 0.3) is 0 Å². The molecule has 0 unspecified atom stereocenters. The molecule has 0 amide bonds. The molecule has 5 atom stereocenters. The largest absolute Gasteiger partial charge is 0.484 e. The number of hydrogen-bond donors (Lipinski definition) is 4. The molecule has 0 aromatic heterocycles. The van der Waals surface area contributed by atoms with Gasteiger partial charge in [-0.2, -0.15) is 13.2 Å². The minimum Gasteiger partial charge on any atom is -0.484 e. The standard InChI is InChI=1S/C24H27F3O6/c25-24(26,27)12-32-17-6-4-13(5-7-17)8-15-10-16(9-14-2-1-3-18(14)15)23-22(31)21(30)20(29)19(11-28)33-23/h4-7,9-10,19-23,28-31H,1-3,8,11-12H2/t19-,20-,21+,22-,23+/m1/s1. The summed E-state index contributed by atoms with van der Waals surface area (Å²) in [7, 11) is 0. The van der Waals surface area contributed by atoms with Gasteiger partial charge in [0.1, 0.15) is 36.3 Å². The molecule has 1 saturated heterocycles. The van der Waals surface area contributed by atoms with Crippen LogP contribution in [0.2, 0.25) is 0 Å². The lowest BCUT2D eigenvalue weighted by molar-refractivity contribution is -0.231. The van der Waals surface area contributed by atoms with E-state index in [4.69, 9.17) is 9.47 Å². The molecule has 2 aliphatic rings. The van der Waals surface area contributed by atoms with Gasteiger partial charge in [-0.3, -0.25) is 0 Å². The van der Waals surface area contributed by atoms with Crippen molar-refractivity contribution in [2.75, 3.05) is 13.2 Å². The molecule has 0 saturated carbocycles. The second kappa shape index (κ2) is 9.60. The first kappa shape index (κ1) is 24.0. The van der Waals surface area contributed by atoms with E-state index in [1.54, 1.807) is 12.1 Å². The maximum Gasteiger partial charge on any atom is 0.422 e. The average molecular weight is 468 g/mol. The highest BCUT2D eigenvalue weighted by molar-refractivity contribution is 5.45. The molecule has 2 aromatic carbocycles. The summed E-state index contributed by atoms with van der Waals surface area (Å²) < 4.78 is 47.5. The fourth-order valence-corrected chi connectivity index (χ4v) is 4.61. The molecule has 0 spiro atoms. The van der Waals surface area contributed by atoms with E-state index in [9.17, 15) is 33.6 Å². The third-order valence-electron chi connectivity index (χ3n) is 6.27. The Morgan fingerprint density at radius 2 is 1.70 bits per heavy atom. The van der Waals surface area contributed by atoms with Gasteiger partial charge in [0.05, 0.1) is 6.61 Å². The lowest BCUT2D eigenvalue weighted by Gasteiger charge is -2.40. The Bertz CT molecular complexity index is 960. The van der Waals surface area contributed by atoms with Gasteiger partial charge in [0.2, 0.25) is 0 Å². The molecule has 9 heteroatoms. The zero-order chi connectivity index (χ0) is 23.8. The molecule has 180 valence electrons. The number of benzene rings is 2. The predicted molar refractivity (Wildman–Crippen MR) is 112 cm³/mol. The number of aliphatic hydroxyl groups excluding tert-OH is 4. The molecule has 1 aliphatic carbocycles. The summed E-state index contributed by atoms with van der Waals surface area (Å²) in [4.78, 5) is 0. The smallest absolute Gasteiger partial charge is 0.422 e. The summed E-state index contributed by atoms with van der Waals surface area (Å²) in [6.07, 6.45) is -7.29. The van der Waals surface area contributed by atoms with Crippen molar-refractivity contribution < 1.29 is 43.1 Å². The number of rotatable bonds is 6. The van der Waals surface area contributed by atoms with E-state index in [0.29, 0.717) is 12.0 Å². The quantitative estimate of drug-likeness (QED) is 0.519. The van der Waals surface area contributed by atoms with Crippen LogP contribution in [0.4, 0.5) is 13.2 Å². The second-order valence-electron chi connectivity index (χ2n) is 8.65. The molecule has 1 aliphatic heterocycles. The maximum absolute atomic E-state index is 12.4. The van der Waals surface area contributed by atoms with Crippen LogP contribution in [-0.2, 0) is 24.0 Å². The molecule has 1 fully saturated rings.